The lowest BCUT2D eigenvalue weighted by Crippen LogP contribution is -2.30. The maximum Gasteiger partial charge on any atom is 0.258 e. The fraction of sp³-hybridized carbons (Fsp3) is 0.0952. The first-order valence-electron chi connectivity index (χ1n) is 8.45. The number of aromatic nitrogens is 1. The Morgan fingerprint density at radius 2 is 1.96 bits per heavy atom. The molecule has 1 aromatic heterocycles. The van der Waals surface area contributed by atoms with E-state index in [9.17, 15) is 4.79 Å². The van der Waals surface area contributed by atoms with Crippen molar-refractivity contribution in [3.63, 3.8) is 0 Å². The second-order valence-corrected chi connectivity index (χ2v) is 6.99. The standard InChI is InChI=1S/C21H18Cl2N4O/c1-12-5-6-14(22)9-15(12)18(24)11-20(25-2)27-21(28)16-10-19-13(8-17(16)23)4-3-7-26-19/h3-11H,24H2,1-2H3,(H,25,27,28)/b18-11-. The average molecular weight is 413 g/mol. The van der Waals surface area contributed by atoms with Gasteiger partial charge in [0, 0.05) is 41.0 Å². The topological polar surface area (TPSA) is 80.4 Å². The van der Waals surface area contributed by atoms with E-state index in [2.05, 4.69) is 15.3 Å². The molecule has 28 heavy (non-hydrogen) atoms. The van der Waals surface area contributed by atoms with Crippen molar-refractivity contribution < 1.29 is 4.79 Å². The number of amidine groups is 1. The molecule has 0 aliphatic carbocycles. The molecule has 0 spiro atoms. The van der Waals surface area contributed by atoms with E-state index in [0.29, 0.717) is 32.7 Å². The molecule has 2 aromatic carbocycles. The molecule has 0 radical (unpaired) electrons. The highest BCUT2D eigenvalue weighted by molar-refractivity contribution is 6.35. The molecule has 1 amide bonds. The Hall–Kier alpha value is -2.89. The third-order valence-electron chi connectivity index (χ3n) is 4.22. The van der Waals surface area contributed by atoms with Crippen molar-refractivity contribution >= 4 is 51.5 Å². The monoisotopic (exact) mass is 412 g/mol. The number of benzene rings is 2. The van der Waals surface area contributed by atoms with Gasteiger partial charge in [-0.1, -0.05) is 35.3 Å². The molecule has 0 atom stereocenters. The molecule has 1 heterocycles. The van der Waals surface area contributed by atoms with Gasteiger partial charge in [-0.25, -0.2) is 0 Å². The van der Waals surface area contributed by atoms with Crippen LogP contribution in [0, 0.1) is 6.92 Å². The van der Waals surface area contributed by atoms with Crippen LogP contribution < -0.4 is 11.1 Å². The molecular formula is C21H18Cl2N4O. The van der Waals surface area contributed by atoms with Gasteiger partial charge in [0.05, 0.1) is 16.1 Å². The zero-order chi connectivity index (χ0) is 20.3. The molecule has 0 fully saturated rings. The molecule has 0 aliphatic rings. The molecule has 3 aromatic rings. The van der Waals surface area contributed by atoms with Crippen LogP contribution in [0.4, 0.5) is 0 Å². The lowest BCUT2D eigenvalue weighted by atomic mass is 10.1. The summed E-state index contributed by atoms with van der Waals surface area (Å²) in [5, 5.41) is 4.49. The number of rotatable bonds is 3. The van der Waals surface area contributed by atoms with E-state index in [0.717, 1.165) is 16.5 Å². The molecule has 5 nitrogen and oxygen atoms in total. The van der Waals surface area contributed by atoms with Crippen molar-refractivity contribution in [2.75, 3.05) is 7.05 Å². The van der Waals surface area contributed by atoms with Gasteiger partial charge in [-0.3, -0.25) is 14.8 Å². The van der Waals surface area contributed by atoms with Gasteiger partial charge in [0.1, 0.15) is 5.84 Å². The smallest absolute Gasteiger partial charge is 0.258 e. The Balaban J connectivity index is 1.88. The minimum Gasteiger partial charge on any atom is -0.398 e. The van der Waals surface area contributed by atoms with Gasteiger partial charge in [-0.2, -0.15) is 0 Å². The molecule has 3 rings (SSSR count). The molecule has 0 aliphatic heterocycles. The number of carbonyl (C=O) groups excluding carboxylic acids is 1. The number of pyridine rings is 1. The van der Waals surface area contributed by atoms with Crippen LogP contribution in [0.1, 0.15) is 21.5 Å². The van der Waals surface area contributed by atoms with E-state index < -0.39 is 5.91 Å². The number of fused-ring (bicyclic) bond motifs is 1. The Kier molecular flexibility index (Phi) is 5.97. The number of halogens is 2. The second-order valence-electron chi connectivity index (χ2n) is 6.15. The Labute approximate surface area is 172 Å². The number of amides is 1. The van der Waals surface area contributed by atoms with E-state index >= 15 is 0 Å². The Morgan fingerprint density at radius 3 is 2.71 bits per heavy atom. The van der Waals surface area contributed by atoms with Gasteiger partial charge < -0.3 is 11.1 Å². The van der Waals surface area contributed by atoms with E-state index in [4.69, 9.17) is 28.9 Å². The summed E-state index contributed by atoms with van der Waals surface area (Å²) in [6, 6.07) is 12.5. The van der Waals surface area contributed by atoms with Gasteiger partial charge >= 0.3 is 0 Å². The Bertz CT molecular complexity index is 1120. The van der Waals surface area contributed by atoms with Crippen LogP contribution >= 0.6 is 23.2 Å². The molecule has 0 saturated carbocycles. The summed E-state index contributed by atoms with van der Waals surface area (Å²) in [4.78, 5) is 21.1. The van der Waals surface area contributed by atoms with Gasteiger partial charge in [0.15, 0.2) is 0 Å². The predicted molar refractivity (Wildman–Crippen MR) is 116 cm³/mol. The number of nitrogens with one attached hydrogen (secondary N) is 1. The molecule has 7 heteroatoms. The van der Waals surface area contributed by atoms with E-state index in [1.807, 2.05) is 25.1 Å². The third kappa shape index (κ3) is 4.32. The van der Waals surface area contributed by atoms with E-state index in [1.54, 1.807) is 43.6 Å². The van der Waals surface area contributed by atoms with Crippen LogP contribution in [0.5, 0.6) is 0 Å². The van der Waals surface area contributed by atoms with Gasteiger partial charge in [-0.15, -0.1) is 0 Å². The fourth-order valence-corrected chi connectivity index (χ4v) is 3.17. The maximum absolute atomic E-state index is 12.7. The highest BCUT2D eigenvalue weighted by atomic mass is 35.5. The zero-order valence-electron chi connectivity index (χ0n) is 15.3. The molecular weight excluding hydrogens is 395 g/mol. The van der Waals surface area contributed by atoms with Crippen LogP contribution in [-0.2, 0) is 0 Å². The number of aliphatic imine (C=N–C) groups is 1. The molecule has 0 saturated heterocycles. The van der Waals surface area contributed by atoms with Crippen molar-refractivity contribution in [2.24, 2.45) is 10.7 Å². The van der Waals surface area contributed by atoms with Crippen LogP contribution in [0.2, 0.25) is 10.0 Å². The summed E-state index contributed by atoms with van der Waals surface area (Å²) in [7, 11) is 1.56. The normalized spacial score (nSPS) is 12.3. The van der Waals surface area contributed by atoms with E-state index in [-0.39, 0.29) is 0 Å². The third-order valence-corrected chi connectivity index (χ3v) is 4.77. The van der Waals surface area contributed by atoms with Gasteiger partial charge in [-0.05, 0) is 42.8 Å². The average Bonchev–Trinajstić information content (AvgIpc) is 2.68. The summed E-state index contributed by atoms with van der Waals surface area (Å²) in [6.45, 7) is 1.93. The summed E-state index contributed by atoms with van der Waals surface area (Å²) in [5.41, 5.74) is 9.35. The molecule has 3 N–H and O–H groups in total. The first-order chi connectivity index (χ1) is 13.4. The summed E-state index contributed by atoms with van der Waals surface area (Å²) in [5.74, 6) is -0.0934. The second kappa shape index (κ2) is 8.42. The number of aryl methyl sites for hydroxylation is 1. The molecule has 0 bridgehead atoms. The predicted octanol–water partition coefficient (Wildman–Crippen LogP) is 4.61. The van der Waals surface area contributed by atoms with Crippen molar-refractivity contribution in [3.8, 4) is 0 Å². The zero-order valence-corrected chi connectivity index (χ0v) is 16.8. The lowest BCUT2D eigenvalue weighted by Gasteiger charge is -2.10. The maximum atomic E-state index is 12.7. The molecule has 0 unspecified atom stereocenters. The highest BCUT2D eigenvalue weighted by Crippen LogP contribution is 2.23. The number of nitrogens with zero attached hydrogens (tertiary/aromatic N) is 2. The number of carbonyl (C=O) groups is 1. The van der Waals surface area contributed by atoms with Crippen LogP contribution in [0.15, 0.2) is 59.7 Å². The largest absolute Gasteiger partial charge is 0.398 e. The van der Waals surface area contributed by atoms with Crippen molar-refractivity contribution in [3.05, 3.63) is 81.5 Å². The van der Waals surface area contributed by atoms with Crippen LogP contribution in [0.25, 0.3) is 16.6 Å². The minimum atomic E-state index is -0.398. The van der Waals surface area contributed by atoms with Crippen molar-refractivity contribution in [1.82, 2.24) is 10.3 Å². The summed E-state index contributed by atoms with van der Waals surface area (Å²) >= 11 is 12.3. The molecule has 142 valence electrons. The number of hydrogen-bond acceptors (Lipinski definition) is 4. The van der Waals surface area contributed by atoms with E-state index in [1.165, 1.54) is 0 Å². The first kappa shape index (κ1) is 19.9. The van der Waals surface area contributed by atoms with Gasteiger partial charge in [0.2, 0.25) is 0 Å². The van der Waals surface area contributed by atoms with Crippen molar-refractivity contribution in [1.29, 1.82) is 0 Å². The van der Waals surface area contributed by atoms with Crippen LogP contribution in [0.3, 0.4) is 0 Å². The minimum absolute atomic E-state index is 0.305. The number of hydrogen-bond donors (Lipinski definition) is 2. The summed E-state index contributed by atoms with van der Waals surface area (Å²) in [6.07, 6.45) is 3.25. The lowest BCUT2D eigenvalue weighted by molar-refractivity contribution is 0.0977. The number of nitrogens with two attached hydrogens (primary N) is 1. The first-order valence-corrected chi connectivity index (χ1v) is 9.20. The Morgan fingerprint density at radius 1 is 1.18 bits per heavy atom. The van der Waals surface area contributed by atoms with Crippen molar-refractivity contribution in [2.45, 2.75) is 6.92 Å². The SMILES string of the molecule is CN=C(/C=C(\N)c1cc(Cl)ccc1C)NC(=O)c1cc2ncccc2cc1Cl. The van der Waals surface area contributed by atoms with Crippen LogP contribution in [-0.4, -0.2) is 23.8 Å². The highest BCUT2D eigenvalue weighted by Gasteiger charge is 2.14. The fourth-order valence-electron chi connectivity index (χ4n) is 2.74. The van der Waals surface area contributed by atoms with Gasteiger partial charge in [0.25, 0.3) is 5.91 Å². The quantitative estimate of drug-likeness (QED) is 0.486. The summed E-state index contributed by atoms with van der Waals surface area (Å²) < 4.78 is 0.